The fourth-order valence-corrected chi connectivity index (χ4v) is 7.68. The molecule has 0 bridgehead atoms. The van der Waals surface area contributed by atoms with Gasteiger partial charge < -0.3 is 19.9 Å². The lowest BCUT2D eigenvalue weighted by atomic mass is 9.87. The lowest BCUT2D eigenvalue weighted by Crippen LogP contribution is -2.71. The minimum absolute atomic E-state index is 0.0694. The number of anilines is 1. The largest absolute Gasteiger partial charge is 0.481 e. The second-order valence-electron chi connectivity index (χ2n) is 13.1. The molecule has 2 aliphatic heterocycles. The van der Waals surface area contributed by atoms with Gasteiger partial charge in [0.2, 0.25) is 5.85 Å². The maximum Gasteiger partial charge on any atom is 0.306 e. The smallest absolute Gasteiger partial charge is 0.306 e. The van der Waals surface area contributed by atoms with Gasteiger partial charge in [-0.1, -0.05) is 41.9 Å². The summed E-state index contributed by atoms with van der Waals surface area (Å²) < 4.78 is 13.1. The molecule has 47 heavy (non-hydrogen) atoms. The van der Waals surface area contributed by atoms with Crippen molar-refractivity contribution in [3.63, 3.8) is 0 Å². The quantitative estimate of drug-likeness (QED) is 0.279. The molecule has 2 N–H and O–H groups in total. The Morgan fingerprint density at radius 2 is 1.70 bits per heavy atom. The van der Waals surface area contributed by atoms with Crippen molar-refractivity contribution < 1.29 is 29.0 Å². The number of aliphatic carboxylic acids is 1. The number of rotatable bonds is 10. The summed E-state index contributed by atoms with van der Waals surface area (Å²) in [6.45, 7) is 6.55. The van der Waals surface area contributed by atoms with Crippen molar-refractivity contribution in [3.05, 3.63) is 71.0 Å². The van der Waals surface area contributed by atoms with Crippen LogP contribution in [0.15, 0.2) is 54.7 Å². The summed E-state index contributed by atoms with van der Waals surface area (Å²) in [5.74, 6) is -2.93. The van der Waals surface area contributed by atoms with Crippen LogP contribution < -0.4 is 5.32 Å². The number of aromatic nitrogens is 1. The van der Waals surface area contributed by atoms with Gasteiger partial charge in [0.1, 0.15) is 5.69 Å². The number of halogens is 1. The van der Waals surface area contributed by atoms with Crippen LogP contribution in [0.3, 0.4) is 0 Å². The summed E-state index contributed by atoms with van der Waals surface area (Å²) in [7, 11) is 0. The molecule has 2 saturated heterocycles. The van der Waals surface area contributed by atoms with E-state index in [-0.39, 0.29) is 42.3 Å². The molecule has 250 valence electrons. The molecule has 1 amide bonds. The normalized spacial score (nSPS) is 25.3. The number of carboxylic acids is 1. The van der Waals surface area contributed by atoms with Gasteiger partial charge in [-0.25, -0.2) is 0 Å². The fraction of sp³-hybridized carbons (Fsp3) is 0.500. The van der Waals surface area contributed by atoms with E-state index in [1.807, 2.05) is 50.2 Å². The van der Waals surface area contributed by atoms with E-state index in [1.54, 1.807) is 18.3 Å². The maximum absolute atomic E-state index is 14.8. The SMILES string of the molecule is C[C@@H]1CN([C@](OC2CCC(C(=O)O)CC2)(C(=O)Cc2ccc(NC(=O)c3nccc4ccccc34)c(Cl)c2)N2CCCC2)C[C@H](C)O1. The van der Waals surface area contributed by atoms with Crippen molar-refractivity contribution in [1.29, 1.82) is 0 Å². The van der Waals surface area contributed by atoms with Crippen molar-refractivity contribution in [2.75, 3.05) is 31.5 Å². The van der Waals surface area contributed by atoms with Gasteiger partial charge in [0.25, 0.3) is 5.91 Å². The van der Waals surface area contributed by atoms with Gasteiger partial charge in [-0.3, -0.25) is 29.2 Å². The predicted molar refractivity (Wildman–Crippen MR) is 179 cm³/mol. The first-order valence-electron chi connectivity index (χ1n) is 16.7. The van der Waals surface area contributed by atoms with E-state index in [4.69, 9.17) is 21.1 Å². The molecule has 3 aliphatic rings. The molecule has 3 aromatic rings. The Balaban J connectivity index is 1.26. The number of carbonyl (C=O) groups excluding carboxylic acids is 2. The second-order valence-corrected chi connectivity index (χ2v) is 13.6. The molecule has 2 aromatic carbocycles. The highest BCUT2D eigenvalue weighted by Gasteiger charge is 2.54. The third-order valence-electron chi connectivity index (χ3n) is 9.64. The molecular formula is C36H43ClN4O6. The Morgan fingerprint density at radius 1 is 1.00 bits per heavy atom. The summed E-state index contributed by atoms with van der Waals surface area (Å²) in [5.41, 5.74) is 1.44. The van der Waals surface area contributed by atoms with Gasteiger partial charge in [-0.2, -0.15) is 0 Å². The average Bonchev–Trinajstić information content (AvgIpc) is 3.60. The Bertz CT molecular complexity index is 1610. The molecule has 0 unspecified atom stereocenters. The highest BCUT2D eigenvalue weighted by atomic mass is 35.5. The molecule has 6 rings (SSSR count). The summed E-state index contributed by atoms with van der Waals surface area (Å²) >= 11 is 6.72. The van der Waals surface area contributed by atoms with E-state index in [0.717, 1.165) is 36.7 Å². The molecule has 1 aliphatic carbocycles. The van der Waals surface area contributed by atoms with E-state index in [1.165, 1.54) is 0 Å². The van der Waals surface area contributed by atoms with Crippen LogP contribution in [0.5, 0.6) is 0 Å². The fourth-order valence-electron chi connectivity index (χ4n) is 7.43. The van der Waals surface area contributed by atoms with Gasteiger partial charge in [-0.05, 0) is 81.5 Å². The summed E-state index contributed by atoms with van der Waals surface area (Å²) in [4.78, 5) is 48.3. The van der Waals surface area contributed by atoms with Crippen molar-refractivity contribution >= 4 is 45.7 Å². The first kappa shape index (κ1) is 33.5. The highest BCUT2D eigenvalue weighted by Crippen LogP contribution is 2.37. The first-order valence-corrected chi connectivity index (χ1v) is 17.0. The number of carbonyl (C=O) groups is 3. The van der Waals surface area contributed by atoms with E-state index in [9.17, 15) is 19.5 Å². The van der Waals surface area contributed by atoms with Crippen LogP contribution in [-0.2, 0) is 25.5 Å². The summed E-state index contributed by atoms with van der Waals surface area (Å²) in [6.07, 6.45) is 5.40. The minimum atomic E-state index is -1.32. The molecule has 3 fully saturated rings. The number of hydrogen-bond donors (Lipinski definition) is 2. The van der Waals surface area contributed by atoms with Crippen LogP contribution >= 0.6 is 11.6 Å². The van der Waals surface area contributed by atoms with Crippen LogP contribution in [0.25, 0.3) is 10.8 Å². The summed E-state index contributed by atoms with van der Waals surface area (Å²) in [6, 6.07) is 14.7. The number of fused-ring (bicyclic) bond motifs is 1. The third kappa shape index (κ3) is 7.22. The molecular weight excluding hydrogens is 620 g/mol. The predicted octanol–water partition coefficient (Wildman–Crippen LogP) is 5.77. The van der Waals surface area contributed by atoms with Gasteiger partial charge in [0, 0.05) is 44.2 Å². The third-order valence-corrected chi connectivity index (χ3v) is 9.95. The number of likely N-dealkylation sites (tertiary alicyclic amines) is 1. The van der Waals surface area contributed by atoms with E-state index in [2.05, 4.69) is 20.1 Å². The number of benzene rings is 2. The van der Waals surface area contributed by atoms with Crippen LogP contribution in [0, 0.1) is 5.92 Å². The number of nitrogens with zero attached hydrogens (tertiary/aromatic N) is 3. The van der Waals surface area contributed by atoms with Crippen molar-refractivity contribution in [2.45, 2.75) is 83.0 Å². The first-order chi connectivity index (χ1) is 22.6. The van der Waals surface area contributed by atoms with Crippen LogP contribution in [0.1, 0.15) is 68.4 Å². The number of morpholine rings is 1. The summed E-state index contributed by atoms with van der Waals surface area (Å²) in [5, 5.41) is 14.4. The molecule has 3 atom stereocenters. The Kier molecular flexibility index (Phi) is 10.2. The zero-order chi connectivity index (χ0) is 33.1. The number of pyridine rings is 1. The zero-order valence-corrected chi connectivity index (χ0v) is 27.7. The van der Waals surface area contributed by atoms with E-state index in [0.29, 0.717) is 60.7 Å². The van der Waals surface area contributed by atoms with Crippen molar-refractivity contribution in [3.8, 4) is 0 Å². The van der Waals surface area contributed by atoms with Crippen LogP contribution in [0.2, 0.25) is 5.02 Å². The molecule has 1 saturated carbocycles. The van der Waals surface area contributed by atoms with Crippen LogP contribution in [-0.4, -0.2) is 87.9 Å². The topological polar surface area (TPSA) is 121 Å². The highest BCUT2D eigenvalue weighted by molar-refractivity contribution is 6.34. The monoisotopic (exact) mass is 662 g/mol. The minimum Gasteiger partial charge on any atom is -0.481 e. The van der Waals surface area contributed by atoms with Gasteiger partial charge >= 0.3 is 5.97 Å². The number of amides is 1. The van der Waals surface area contributed by atoms with Crippen LogP contribution in [0.4, 0.5) is 5.69 Å². The van der Waals surface area contributed by atoms with Gasteiger partial charge in [0.15, 0.2) is 5.78 Å². The average molecular weight is 663 g/mol. The standard InChI is InChI=1S/C36H43ClN4O6/c1-23-21-41(22-24(2)46-23)36(40-17-5-6-18-40,47-28-12-10-27(11-13-28)35(44)45)32(42)20-25-9-14-31(30(37)19-25)39-34(43)33-29-8-4-3-7-26(29)15-16-38-33/h3-4,7-9,14-16,19,23-24,27-28H,5-6,10-13,17-18,20-22H2,1-2H3,(H,39,43)(H,44,45)/t23-,24+,27?,28?,36-/m0/s1. The lowest BCUT2D eigenvalue weighted by molar-refractivity contribution is -0.274. The maximum atomic E-state index is 14.8. The Morgan fingerprint density at radius 3 is 2.38 bits per heavy atom. The number of nitrogens with one attached hydrogen (secondary N) is 1. The molecule has 1 aromatic heterocycles. The van der Waals surface area contributed by atoms with Gasteiger partial charge in [-0.15, -0.1) is 0 Å². The lowest BCUT2D eigenvalue weighted by Gasteiger charge is -2.52. The zero-order valence-electron chi connectivity index (χ0n) is 27.0. The number of hydrogen-bond acceptors (Lipinski definition) is 8. The number of Topliss-reactive ketones (excluding diaryl/α,β-unsaturated/α-hetero) is 1. The molecule has 3 heterocycles. The molecule has 10 nitrogen and oxygen atoms in total. The number of ether oxygens (including phenoxy) is 2. The number of ketones is 1. The molecule has 0 spiro atoms. The van der Waals surface area contributed by atoms with E-state index >= 15 is 0 Å². The second kappa shape index (κ2) is 14.4. The van der Waals surface area contributed by atoms with E-state index < -0.39 is 11.8 Å². The van der Waals surface area contributed by atoms with Crippen molar-refractivity contribution in [2.24, 2.45) is 5.92 Å². The molecule has 11 heteroatoms. The van der Waals surface area contributed by atoms with Gasteiger partial charge in [0.05, 0.1) is 34.9 Å². The Hall–Kier alpha value is -3.41. The number of carboxylic acid groups (broad SMARTS) is 1. The molecule has 0 radical (unpaired) electrons. The van der Waals surface area contributed by atoms with Crippen molar-refractivity contribution in [1.82, 2.24) is 14.8 Å². The Labute approximate surface area is 280 Å².